The van der Waals surface area contributed by atoms with Crippen molar-refractivity contribution in [3.63, 3.8) is 0 Å². The summed E-state index contributed by atoms with van der Waals surface area (Å²) in [5.74, 6) is -2.01. The summed E-state index contributed by atoms with van der Waals surface area (Å²) in [4.78, 5) is 10.8. The zero-order valence-corrected chi connectivity index (χ0v) is 10.6. The average Bonchev–Trinajstić information content (AvgIpc) is 2.46. The quantitative estimate of drug-likeness (QED) is 0.826. The number of azo groups is 1. The minimum Gasteiger partial charge on any atom is -0.318 e. The first-order valence-electron chi connectivity index (χ1n) is 5.90. The van der Waals surface area contributed by atoms with Crippen molar-refractivity contribution in [3.8, 4) is 0 Å². The molecule has 0 radical (unpaired) electrons. The molecule has 2 aromatic rings. The molecule has 0 bridgehead atoms. The molecule has 0 saturated carbocycles. The molecule has 0 heterocycles. The third kappa shape index (κ3) is 4.41. The Morgan fingerprint density at radius 2 is 1.38 bits per heavy atom. The average molecular weight is 293 g/mol. The van der Waals surface area contributed by atoms with Gasteiger partial charge in [0.15, 0.2) is 0 Å². The van der Waals surface area contributed by atoms with Crippen molar-refractivity contribution in [2.24, 2.45) is 10.2 Å². The van der Waals surface area contributed by atoms with E-state index in [1.807, 2.05) is 18.2 Å². The highest BCUT2D eigenvalue weighted by atomic mass is 19.4. The molecule has 2 aromatic carbocycles. The number of nitrogens with one attached hydrogen (secondary N) is 1. The molecule has 0 aliphatic rings. The molecule has 0 aromatic heterocycles. The Labute approximate surface area is 118 Å². The van der Waals surface area contributed by atoms with Crippen molar-refractivity contribution < 1.29 is 18.0 Å². The van der Waals surface area contributed by atoms with E-state index in [4.69, 9.17) is 0 Å². The Bertz CT molecular complexity index is 637. The second-order valence-corrected chi connectivity index (χ2v) is 4.03. The van der Waals surface area contributed by atoms with Crippen LogP contribution < -0.4 is 5.32 Å². The summed E-state index contributed by atoms with van der Waals surface area (Å²) in [6, 6.07) is 14.6. The lowest BCUT2D eigenvalue weighted by Crippen LogP contribution is -2.29. The predicted molar refractivity (Wildman–Crippen MR) is 71.7 cm³/mol. The van der Waals surface area contributed by atoms with Crippen LogP contribution in [0.4, 0.5) is 30.2 Å². The number of carbonyl (C=O) groups is 1. The van der Waals surface area contributed by atoms with Crippen LogP contribution >= 0.6 is 0 Å². The lowest BCUT2D eigenvalue weighted by Gasteiger charge is -2.07. The minimum absolute atomic E-state index is 0.0380. The number of halogens is 3. The van der Waals surface area contributed by atoms with Crippen molar-refractivity contribution in [2.75, 3.05) is 5.32 Å². The van der Waals surface area contributed by atoms with Gasteiger partial charge in [-0.25, -0.2) is 0 Å². The molecule has 0 aliphatic heterocycles. The maximum Gasteiger partial charge on any atom is 0.471 e. The number of amides is 1. The number of hydrogen-bond donors (Lipinski definition) is 1. The first-order valence-corrected chi connectivity index (χ1v) is 5.90. The van der Waals surface area contributed by atoms with Crippen molar-refractivity contribution in [1.29, 1.82) is 0 Å². The minimum atomic E-state index is -4.91. The van der Waals surface area contributed by atoms with Crippen LogP contribution in [-0.4, -0.2) is 12.1 Å². The van der Waals surface area contributed by atoms with Crippen LogP contribution in [0.5, 0.6) is 0 Å². The van der Waals surface area contributed by atoms with E-state index in [2.05, 4.69) is 10.2 Å². The van der Waals surface area contributed by atoms with Gasteiger partial charge in [-0.2, -0.15) is 23.4 Å². The lowest BCUT2D eigenvalue weighted by atomic mass is 10.3. The molecule has 1 N–H and O–H groups in total. The van der Waals surface area contributed by atoms with Gasteiger partial charge in [0.05, 0.1) is 11.4 Å². The zero-order valence-electron chi connectivity index (χ0n) is 10.6. The summed E-state index contributed by atoms with van der Waals surface area (Å²) in [6.07, 6.45) is -4.91. The summed E-state index contributed by atoms with van der Waals surface area (Å²) in [5.41, 5.74) is 1.16. The highest BCUT2D eigenvalue weighted by Gasteiger charge is 2.38. The molecule has 0 spiro atoms. The van der Waals surface area contributed by atoms with Crippen LogP contribution in [0.25, 0.3) is 0 Å². The topological polar surface area (TPSA) is 53.8 Å². The van der Waals surface area contributed by atoms with Gasteiger partial charge < -0.3 is 5.32 Å². The van der Waals surface area contributed by atoms with Gasteiger partial charge in [-0.05, 0) is 36.4 Å². The Balaban J connectivity index is 2.03. The van der Waals surface area contributed by atoms with E-state index in [9.17, 15) is 18.0 Å². The SMILES string of the molecule is O=C(Nc1ccc(N=Nc2ccccc2)cc1)C(F)(F)F. The molecule has 2 rings (SSSR count). The van der Waals surface area contributed by atoms with Crippen LogP contribution in [0.1, 0.15) is 0 Å². The predicted octanol–water partition coefficient (Wildman–Crippen LogP) is 4.60. The highest BCUT2D eigenvalue weighted by Crippen LogP contribution is 2.22. The fourth-order valence-corrected chi connectivity index (χ4v) is 1.42. The third-order valence-corrected chi connectivity index (χ3v) is 2.42. The summed E-state index contributed by atoms with van der Waals surface area (Å²) in [6.45, 7) is 0. The first kappa shape index (κ1) is 14.7. The largest absolute Gasteiger partial charge is 0.471 e. The molecule has 4 nitrogen and oxygen atoms in total. The molecule has 0 unspecified atom stereocenters. The molecule has 1 amide bonds. The number of nitrogens with zero attached hydrogens (tertiary/aromatic N) is 2. The van der Waals surface area contributed by atoms with Crippen molar-refractivity contribution in [2.45, 2.75) is 6.18 Å². The third-order valence-electron chi connectivity index (χ3n) is 2.42. The lowest BCUT2D eigenvalue weighted by molar-refractivity contribution is -0.167. The molecule has 0 aliphatic carbocycles. The molecule has 0 fully saturated rings. The van der Waals surface area contributed by atoms with E-state index in [0.29, 0.717) is 11.4 Å². The standard InChI is InChI=1S/C14H10F3N3O/c15-14(16,17)13(21)18-10-6-8-12(9-7-10)20-19-11-4-2-1-3-5-11/h1-9H,(H,18,21). The van der Waals surface area contributed by atoms with Crippen molar-refractivity contribution in [3.05, 3.63) is 54.6 Å². The smallest absolute Gasteiger partial charge is 0.318 e. The van der Waals surface area contributed by atoms with Gasteiger partial charge in [0.2, 0.25) is 0 Å². The van der Waals surface area contributed by atoms with Gasteiger partial charge in [-0.15, -0.1) is 0 Å². The number of alkyl halides is 3. The van der Waals surface area contributed by atoms with Crippen molar-refractivity contribution in [1.82, 2.24) is 0 Å². The van der Waals surface area contributed by atoms with Crippen molar-refractivity contribution >= 4 is 23.0 Å². The van der Waals surface area contributed by atoms with E-state index in [0.717, 1.165) is 0 Å². The van der Waals surface area contributed by atoms with Crippen LogP contribution in [0, 0.1) is 0 Å². The maximum atomic E-state index is 12.1. The van der Waals surface area contributed by atoms with E-state index >= 15 is 0 Å². The zero-order chi connectivity index (χ0) is 15.3. The number of carbonyl (C=O) groups excluding carboxylic acids is 1. The number of benzene rings is 2. The van der Waals surface area contributed by atoms with E-state index in [1.54, 1.807) is 17.4 Å². The molecule has 108 valence electrons. The van der Waals surface area contributed by atoms with Crippen LogP contribution in [0.2, 0.25) is 0 Å². The molecular formula is C14H10F3N3O. The van der Waals surface area contributed by atoms with Gasteiger partial charge in [0.25, 0.3) is 0 Å². The Morgan fingerprint density at radius 1 is 0.857 bits per heavy atom. The monoisotopic (exact) mass is 293 g/mol. The second kappa shape index (κ2) is 6.17. The molecule has 0 saturated heterocycles. The molecule has 7 heteroatoms. The number of rotatable bonds is 3. The van der Waals surface area contributed by atoms with Crippen LogP contribution in [0.15, 0.2) is 64.8 Å². The van der Waals surface area contributed by atoms with Crippen LogP contribution in [0.3, 0.4) is 0 Å². The summed E-state index contributed by atoms with van der Waals surface area (Å²) in [7, 11) is 0. The fraction of sp³-hybridized carbons (Fsp3) is 0.0714. The van der Waals surface area contributed by atoms with Gasteiger partial charge in [-0.1, -0.05) is 18.2 Å². The molecule has 0 atom stereocenters. The van der Waals surface area contributed by atoms with Crippen LogP contribution in [-0.2, 0) is 4.79 Å². The van der Waals surface area contributed by atoms with Gasteiger partial charge >= 0.3 is 12.1 Å². The Morgan fingerprint density at radius 3 is 1.90 bits per heavy atom. The van der Waals surface area contributed by atoms with E-state index in [-0.39, 0.29) is 5.69 Å². The highest BCUT2D eigenvalue weighted by molar-refractivity contribution is 5.94. The summed E-state index contributed by atoms with van der Waals surface area (Å²) < 4.78 is 36.2. The Kier molecular flexibility index (Phi) is 4.32. The normalized spacial score (nSPS) is 11.6. The molecule has 21 heavy (non-hydrogen) atoms. The summed E-state index contributed by atoms with van der Waals surface area (Å²) in [5, 5.41) is 9.65. The molecular weight excluding hydrogens is 283 g/mol. The van der Waals surface area contributed by atoms with Gasteiger partial charge in [0.1, 0.15) is 0 Å². The van der Waals surface area contributed by atoms with E-state index < -0.39 is 12.1 Å². The first-order chi connectivity index (χ1) is 9.95. The Hall–Kier alpha value is -2.70. The van der Waals surface area contributed by atoms with Gasteiger partial charge in [0, 0.05) is 5.69 Å². The van der Waals surface area contributed by atoms with Gasteiger partial charge in [-0.3, -0.25) is 4.79 Å². The number of hydrogen-bond acceptors (Lipinski definition) is 3. The maximum absolute atomic E-state index is 12.1. The fourth-order valence-electron chi connectivity index (χ4n) is 1.42. The van der Waals surface area contributed by atoms with E-state index in [1.165, 1.54) is 24.3 Å². The number of anilines is 1. The summed E-state index contributed by atoms with van der Waals surface area (Å²) >= 11 is 0. The second-order valence-electron chi connectivity index (χ2n) is 4.03.